The van der Waals surface area contributed by atoms with Gasteiger partial charge in [-0.2, -0.15) is 10.1 Å². The number of rotatable bonds is 3. The van der Waals surface area contributed by atoms with Crippen LogP contribution in [0.2, 0.25) is 0 Å². The normalized spacial score (nSPS) is 26.9. The predicted octanol–water partition coefficient (Wildman–Crippen LogP) is 1.85. The second-order valence-electron chi connectivity index (χ2n) is 4.82. The van der Waals surface area contributed by atoms with Crippen LogP contribution >= 0.6 is 0 Å². The smallest absolute Gasteiger partial charge is 0.312 e. The summed E-state index contributed by atoms with van der Waals surface area (Å²) in [7, 11) is 0. The molecule has 0 bridgehead atoms. The molecule has 1 aliphatic carbocycles. The third-order valence-corrected chi connectivity index (χ3v) is 3.36. The SMILES string of the molecule is O=C(c1ccco1)N1N=C(C2CC2)C[C@]1(O)C(F)F. The van der Waals surface area contributed by atoms with Crippen molar-refractivity contribution in [2.75, 3.05) is 0 Å². The van der Waals surface area contributed by atoms with Crippen LogP contribution in [-0.4, -0.2) is 33.9 Å². The molecule has 1 aromatic heterocycles. The minimum atomic E-state index is -3.09. The van der Waals surface area contributed by atoms with Crippen molar-refractivity contribution in [1.82, 2.24) is 5.01 Å². The molecule has 2 aliphatic rings. The first-order chi connectivity index (χ1) is 9.02. The lowest BCUT2D eigenvalue weighted by Crippen LogP contribution is -2.51. The highest BCUT2D eigenvalue weighted by Crippen LogP contribution is 2.41. The van der Waals surface area contributed by atoms with Gasteiger partial charge >= 0.3 is 5.91 Å². The van der Waals surface area contributed by atoms with E-state index in [4.69, 9.17) is 4.42 Å². The highest BCUT2D eigenvalue weighted by Gasteiger charge is 2.54. The van der Waals surface area contributed by atoms with Crippen LogP contribution in [0.1, 0.15) is 29.8 Å². The predicted molar refractivity (Wildman–Crippen MR) is 60.6 cm³/mol. The molecule has 19 heavy (non-hydrogen) atoms. The van der Waals surface area contributed by atoms with Crippen LogP contribution in [0.5, 0.6) is 0 Å². The molecule has 5 nitrogen and oxygen atoms in total. The Balaban J connectivity index is 1.93. The van der Waals surface area contributed by atoms with Gasteiger partial charge in [0.1, 0.15) is 0 Å². The minimum Gasteiger partial charge on any atom is -0.459 e. The summed E-state index contributed by atoms with van der Waals surface area (Å²) in [6.07, 6.45) is -0.411. The lowest BCUT2D eigenvalue weighted by Gasteiger charge is -2.29. The maximum atomic E-state index is 13.1. The molecule has 0 radical (unpaired) electrons. The number of halogens is 2. The van der Waals surface area contributed by atoms with Crippen molar-refractivity contribution >= 4 is 11.6 Å². The Kier molecular flexibility index (Phi) is 2.67. The molecule has 2 heterocycles. The standard InChI is InChI=1S/C12H12F2N2O3/c13-11(14)12(18)6-8(7-3-4-7)15-16(12)10(17)9-2-1-5-19-9/h1-2,5,7,11,18H,3-4,6H2/t12-/m0/s1. The van der Waals surface area contributed by atoms with Crippen LogP contribution in [0, 0.1) is 5.92 Å². The van der Waals surface area contributed by atoms with Crippen molar-refractivity contribution in [3.8, 4) is 0 Å². The Labute approximate surface area is 107 Å². The van der Waals surface area contributed by atoms with Crippen molar-refractivity contribution in [1.29, 1.82) is 0 Å². The van der Waals surface area contributed by atoms with Gasteiger partial charge in [0.2, 0.25) is 5.72 Å². The molecule has 7 heteroatoms. The molecule has 0 aromatic carbocycles. The summed E-state index contributed by atoms with van der Waals surface area (Å²) < 4.78 is 31.0. The molecular formula is C12H12F2N2O3. The number of carbonyl (C=O) groups is 1. The minimum absolute atomic E-state index is 0.111. The molecule has 0 saturated heterocycles. The number of hydrogen-bond donors (Lipinski definition) is 1. The van der Waals surface area contributed by atoms with Crippen molar-refractivity contribution in [3.05, 3.63) is 24.2 Å². The maximum Gasteiger partial charge on any atom is 0.312 e. The van der Waals surface area contributed by atoms with E-state index in [0.29, 0.717) is 10.7 Å². The van der Waals surface area contributed by atoms with E-state index >= 15 is 0 Å². The van der Waals surface area contributed by atoms with E-state index in [1.807, 2.05) is 0 Å². The summed E-state index contributed by atoms with van der Waals surface area (Å²) in [5.41, 5.74) is -2.11. The summed E-state index contributed by atoms with van der Waals surface area (Å²) in [5, 5.41) is 14.4. The highest BCUT2D eigenvalue weighted by atomic mass is 19.3. The second-order valence-corrected chi connectivity index (χ2v) is 4.82. The molecule has 0 spiro atoms. The number of furan rings is 1. The van der Waals surface area contributed by atoms with E-state index in [-0.39, 0.29) is 18.1 Å². The average molecular weight is 270 g/mol. The number of hydrazone groups is 1. The Bertz CT molecular complexity index is 525. The zero-order chi connectivity index (χ0) is 13.6. The summed E-state index contributed by atoms with van der Waals surface area (Å²) in [6, 6.07) is 2.81. The van der Waals surface area contributed by atoms with Crippen LogP contribution in [0.4, 0.5) is 8.78 Å². The van der Waals surface area contributed by atoms with Crippen LogP contribution in [0.3, 0.4) is 0 Å². The second kappa shape index (κ2) is 4.12. The van der Waals surface area contributed by atoms with Gasteiger partial charge in [-0.1, -0.05) is 0 Å². The number of aliphatic hydroxyl groups is 1. The third kappa shape index (κ3) is 1.94. The topological polar surface area (TPSA) is 66.0 Å². The van der Waals surface area contributed by atoms with E-state index in [2.05, 4.69) is 5.10 Å². The molecule has 1 N–H and O–H groups in total. The number of amides is 1. The molecule has 1 aliphatic heterocycles. The molecule has 3 rings (SSSR count). The Morgan fingerprint density at radius 1 is 1.58 bits per heavy atom. The van der Waals surface area contributed by atoms with Crippen LogP contribution in [-0.2, 0) is 0 Å². The molecule has 1 aromatic rings. The lowest BCUT2D eigenvalue weighted by molar-refractivity contribution is -0.164. The number of alkyl halides is 2. The van der Waals surface area contributed by atoms with Crippen molar-refractivity contribution in [3.63, 3.8) is 0 Å². The molecular weight excluding hydrogens is 258 g/mol. The van der Waals surface area contributed by atoms with Gasteiger partial charge in [-0.05, 0) is 30.9 Å². The molecule has 1 amide bonds. The van der Waals surface area contributed by atoms with Crippen molar-refractivity contribution < 1.29 is 23.1 Å². The molecule has 102 valence electrons. The van der Waals surface area contributed by atoms with Gasteiger partial charge in [-0.25, -0.2) is 8.78 Å². The van der Waals surface area contributed by atoms with Crippen molar-refractivity contribution in [2.24, 2.45) is 11.0 Å². The fourth-order valence-electron chi connectivity index (χ4n) is 2.13. The first kappa shape index (κ1) is 12.3. The Hall–Kier alpha value is -1.76. The highest BCUT2D eigenvalue weighted by molar-refractivity contribution is 5.97. The number of carbonyl (C=O) groups excluding carboxylic acids is 1. The zero-order valence-corrected chi connectivity index (χ0v) is 9.92. The van der Waals surface area contributed by atoms with Gasteiger partial charge in [0.05, 0.1) is 6.26 Å². The lowest BCUT2D eigenvalue weighted by atomic mass is 10.0. The largest absolute Gasteiger partial charge is 0.459 e. The average Bonchev–Trinajstić information content (AvgIpc) is 2.95. The summed E-state index contributed by atoms with van der Waals surface area (Å²) in [4.78, 5) is 12.0. The summed E-state index contributed by atoms with van der Waals surface area (Å²) in [6.45, 7) is 0. The molecule has 0 unspecified atom stereocenters. The maximum absolute atomic E-state index is 13.1. The van der Waals surface area contributed by atoms with Gasteiger partial charge in [-0.15, -0.1) is 0 Å². The first-order valence-corrected chi connectivity index (χ1v) is 5.98. The Morgan fingerprint density at radius 2 is 2.32 bits per heavy atom. The van der Waals surface area contributed by atoms with Gasteiger partial charge in [0, 0.05) is 12.1 Å². The Morgan fingerprint density at radius 3 is 2.84 bits per heavy atom. The fraction of sp³-hybridized carbons (Fsp3) is 0.500. The summed E-state index contributed by atoms with van der Waals surface area (Å²) >= 11 is 0. The van der Waals surface area contributed by atoms with E-state index < -0.39 is 18.1 Å². The van der Waals surface area contributed by atoms with Crippen LogP contribution in [0.25, 0.3) is 0 Å². The van der Waals surface area contributed by atoms with Crippen LogP contribution in [0.15, 0.2) is 27.9 Å². The van der Waals surface area contributed by atoms with Crippen molar-refractivity contribution in [2.45, 2.75) is 31.4 Å². The zero-order valence-electron chi connectivity index (χ0n) is 9.92. The van der Waals surface area contributed by atoms with Gasteiger partial charge in [-0.3, -0.25) is 4.79 Å². The van der Waals surface area contributed by atoms with Gasteiger partial charge in [0.25, 0.3) is 6.43 Å². The number of hydrogen-bond acceptors (Lipinski definition) is 4. The van der Waals surface area contributed by atoms with Gasteiger partial charge in [0.15, 0.2) is 5.76 Å². The third-order valence-electron chi connectivity index (χ3n) is 3.36. The van der Waals surface area contributed by atoms with Gasteiger partial charge < -0.3 is 9.52 Å². The quantitative estimate of drug-likeness (QED) is 0.911. The molecule has 1 atom stereocenters. The van der Waals surface area contributed by atoms with Crippen LogP contribution < -0.4 is 0 Å². The fourth-order valence-corrected chi connectivity index (χ4v) is 2.13. The summed E-state index contributed by atoms with van der Waals surface area (Å²) in [5.74, 6) is -0.872. The van der Waals surface area contributed by atoms with E-state index in [0.717, 1.165) is 12.8 Å². The monoisotopic (exact) mass is 270 g/mol. The van der Waals surface area contributed by atoms with E-state index in [9.17, 15) is 18.7 Å². The molecule has 1 fully saturated rings. The van der Waals surface area contributed by atoms with E-state index in [1.54, 1.807) is 0 Å². The number of nitrogens with zero attached hydrogens (tertiary/aromatic N) is 2. The first-order valence-electron chi connectivity index (χ1n) is 5.98. The van der Waals surface area contributed by atoms with E-state index in [1.165, 1.54) is 18.4 Å². The molecule has 1 saturated carbocycles.